The van der Waals surface area contributed by atoms with E-state index in [9.17, 15) is 4.79 Å². The van der Waals surface area contributed by atoms with Gasteiger partial charge in [-0.1, -0.05) is 29.8 Å². The number of hydrogen-bond acceptors (Lipinski definition) is 4. The maximum atomic E-state index is 12.6. The second-order valence-electron chi connectivity index (χ2n) is 5.31. The molecule has 1 aliphatic rings. The largest absolute Gasteiger partial charge is 0.482 e. The standard InChI is InChI=1S/C17H18ClN3O2.ClH/c18-14-5-1-2-6-16(14)23-12-17(22)21-9-8-20-11-15(21)13-4-3-7-19-10-13;/h1-7,10,15,20H,8-9,11-12H2;1H. The van der Waals surface area contributed by atoms with Crippen LogP contribution in [0.15, 0.2) is 48.8 Å². The molecule has 0 saturated carbocycles. The fourth-order valence-corrected chi connectivity index (χ4v) is 2.85. The number of pyridine rings is 1. The van der Waals surface area contributed by atoms with Gasteiger partial charge in [-0.05, 0) is 23.8 Å². The Kier molecular flexibility index (Phi) is 6.85. The highest BCUT2D eigenvalue weighted by Crippen LogP contribution is 2.24. The highest BCUT2D eigenvalue weighted by atomic mass is 35.5. The quantitative estimate of drug-likeness (QED) is 0.902. The van der Waals surface area contributed by atoms with Crippen molar-refractivity contribution in [1.29, 1.82) is 0 Å². The monoisotopic (exact) mass is 367 g/mol. The number of aromatic nitrogens is 1. The van der Waals surface area contributed by atoms with Crippen LogP contribution in [0.2, 0.25) is 5.02 Å². The van der Waals surface area contributed by atoms with Gasteiger partial charge in [-0.15, -0.1) is 12.4 Å². The maximum Gasteiger partial charge on any atom is 0.261 e. The van der Waals surface area contributed by atoms with E-state index in [1.54, 1.807) is 24.5 Å². The number of para-hydroxylation sites is 1. The number of rotatable bonds is 4. The summed E-state index contributed by atoms with van der Waals surface area (Å²) in [5.74, 6) is 0.468. The summed E-state index contributed by atoms with van der Waals surface area (Å²) in [5.41, 5.74) is 1.02. The first kappa shape index (κ1) is 18.5. The lowest BCUT2D eigenvalue weighted by Crippen LogP contribution is -2.50. The summed E-state index contributed by atoms with van der Waals surface area (Å²) in [5, 5.41) is 3.82. The number of hydrogen-bond donors (Lipinski definition) is 1. The van der Waals surface area contributed by atoms with Gasteiger partial charge in [-0.3, -0.25) is 9.78 Å². The van der Waals surface area contributed by atoms with E-state index in [1.165, 1.54) is 0 Å². The van der Waals surface area contributed by atoms with Crippen molar-refractivity contribution in [1.82, 2.24) is 15.2 Å². The zero-order valence-corrected chi connectivity index (χ0v) is 14.6. The van der Waals surface area contributed by atoms with Crippen molar-refractivity contribution in [3.8, 4) is 5.75 Å². The zero-order chi connectivity index (χ0) is 16.1. The maximum absolute atomic E-state index is 12.6. The topological polar surface area (TPSA) is 54.5 Å². The summed E-state index contributed by atoms with van der Waals surface area (Å²) < 4.78 is 5.58. The SMILES string of the molecule is Cl.O=C(COc1ccccc1Cl)N1CCNCC1c1cccnc1. The fraction of sp³-hybridized carbons (Fsp3) is 0.294. The summed E-state index contributed by atoms with van der Waals surface area (Å²) in [6, 6.07) is 11.0. The highest BCUT2D eigenvalue weighted by Gasteiger charge is 2.28. The van der Waals surface area contributed by atoms with Crippen molar-refractivity contribution >= 4 is 29.9 Å². The number of carbonyl (C=O) groups excluding carboxylic acids is 1. The first-order chi connectivity index (χ1) is 11.3. The molecule has 7 heteroatoms. The van der Waals surface area contributed by atoms with Crippen molar-refractivity contribution in [3.05, 3.63) is 59.4 Å². The number of carbonyl (C=O) groups is 1. The molecule has 1 aromatic heterocycles. The summed E-state index contributed by atoms with van der Waals surface area (Å²) in [6.45, 7) is 2.10. The number of halogens is 2. The van der Waals surface area contributed by atoms with E-state index in [0.717, 1.165) is 12.1 Å². The van der Waals surface area contributed by atoms with E-state index in [2.05, 4.69) is 10.3 Å². The molecule has 1 aliphatic heterocycles. The Balaban J connectivity index is 0.00000208. The Labute approximate surface area is 152 Å². The molecule has 24 heavy (non-hydrogen) atoms. The van der Waals surface area contributed by atoms with Crippen LogP contribution in [0.5, 0.6) is 5.75 Å². The summed E-state index contributed by atoms with van der Waals surface area (Å²) in [7, 11) is 0. The molecule has 0 aliphatic carbocycles. The number of nitrogens with zero attached hydrogens (tertiary/aromatic N) is 2. The first-order valence-electron chi connectivity index (χ1n) is 7.53. The number of nitrogens with one attached hydrogen (secondary N) is 1. The Bertz CT molecular complexity index is 670. The van der Waals surface area contributed by atoms with Crippen LogP contribution in [0.25, 0.3) is 0 Å². The van der Waals surface area contributed by atoms with Gasteiger partial charge in [-0.2, -0.15) is 0 Å². The van der Waals surface area contributed by atoms with Crippen molar-refractivity contribution in [2.24, 2.45) is 0 Å². The molecule has 3 rings (SSSR count). The van der Waals surface area contributed by atoms with Gasteiger partial charge in [0.2, 0.25) is 0 Å². The van der Waals surface area contributed by atoms with E-state index in [0.29, 0.717) is 23.9 Å². The average Bonchev–Trinajstić information content (AvgIpc) is 2.61. The normalized spacial score (nSPS) is 17.0. The second-order valence-corrected chi connectivity index (χ2v) is 5.72. The van der Waals surface area contributed by atoms with Crippen LogP contribution in [-0.2, 0) is 4.79 Å². The van der Waals surface area contributed by atoms with E-state index in [-0.39, 0.29) is 31.0 Å². The first-order valence-corrected chi connectivity index (χ1v) is 7.91. The molecule has 0 spiro atoms. The fourth-order valence-electron chi connectivity index (χ4n) is 2.66. The predicted molar refractivity (Wildman–Crippen MR) is 95.8 cm³/mol. The van der Waals surface area contributed by atoms with E-state index >= 15 is 0 Å². The van der Waals surface area contributed by atoms with Gasteiger partial charge in [0.25, 0.3) is 5.91 Å². The van der Waals surface area contributed by atoms with Crippen molar-refractivity contribution in [3.63, 3.8) is 0 Å². The molecule has 1 atom stereocenters. The highest BCUT2D eigenvalue weighted by molar-refractivity contribution is 6.32. The Morgan fingerprint density at radius 1 is 1.33 bits per heavy atom. The van der Waals surface area contributed by atoms with E-state index in [1.807, 2.05) is 29.2 Å². The third-order valence-electron chi connectivity index (χ3n) is 3.82. The van der Waals surface area contributed by atoms with Gasteiger partial charge in [0.05, 0.1) is 11.1 Å². The van der Waals surface area contributed by atoms with Crippen molar-refractivity contribution in [2.75, 3.05) is 26.2 Å². The molecule has 2 aromatic rings. The molecule has 2 heterocycles. The van der Waals surface area contributed by atoms with Gasteiger partial charge in [0, 0.05) is 32.0 Å². The molecule has 128 valence electrons. The second kappa shape index (κ2) is 8.87. The Morgan fingerprint density at radius 3 is 2.92 bits per heavy atom. The van der Waals surface area contributed by atoms with Crippen LogP contribution in [-0.4, -0.2) is 42.0 Å². The van der Waals surface area contributed by atoms with Crippen molar-refractivity contribution < 1.29 is 9.53 Å². The van der Waals surface area contributed by atoms with Crippen LogP contribution in [0.4, 0.5) is 0 Å². The minimum absolute atomic E-state index is 0. The number of amides is 1. The lowest BCUT2D eigenvalue weighted by molar-refractivity contribution is -0.136. The molecule has 1 unspecified atom stereocenters. The van der Waals surface area contributed by atoms with Crippen LogP contribution in [0, 0.1) is 0 Å². The zero-order valence-electron chi connectivity index (χ0n) is 13.0. The lowest BCUT2D eigenvalue weighted by Gasteiger charge is -2.36. The Morgan fingerprint density at radius 2 is 2.17 bits per heavy atom. The van der Waals surface area contributed by atoms with Crippen LogP contribution >= 0.6 is 24.0 Å². The van der Waals surface area contributed by atoms with E-state index < -0.39 is 0 Å². The van der Waals surface area contributed by atoms with Crippen LogP contribution < -0.4 is 10.1 Å². The minimum Gasteiger partial charge on any atom is -0.482 e. The molecule has 0 radical (unpaired) electrons. The molecule has 1 aromatic carbocycles. The van der Waals surface area contributed by atoms with Gasteiger partial charge in [-0.25, -0.2) is 0 Å². The summed E-state index contributed by atoms with van der Waals surface area (Å²) in [4.78, 5) is 18.6. The van der Waals surface area contributed by atoms with Crippen LogP contribution in [0.1, 0.15) is 11.6 Å². The Hall–Kier alpha value is -1.82. The van der Waals surface area contributed by atoms with Gasteiger partial charge in [0.1, 0.15) is 5.75 Å². The minimum atomic E-state index is -0.0553. The smallest absolute Gasteiger partial charge is 0.261 e. The molecule has 1 saturated heterocycles. The third kappa shape index (κ3) is 4.38. The molecule has 1 amide bonds. The molecular weight excluding hydrogens is 349 g/mol. The van der Waals surface area contributed by atoms with Gasteiger partial charge in [0.15, 0.2) is 6.61 Å². The molecule has 5 nitrogen and oxygen atoms in total. The van der Waals surface area contributed by atoms with E-state index in [4.69, 9.17) is 16.3 Å². The molecule has 0 bridgehead atoms. The van der Waals surface area contributed by atoms with Gasteiger partial charge < -0.3 is 15.0 Å². The average molecular weight is 368 g/mol. The number of ether oxygens (including phenoxy) is 1. The third-order valence-corrected chi connectivity index (χ3v) is 4.13. The lowest BCUT2D eigenvalue weighted by atomic mass is 10.1. The summed E-state index contributed by atoms with van der Waals surface area (Å²) in [6.07, 6.45) is 3.53. The number of benzene rings is 1. The van der Waals surface area contributed by atoms with Gasteiger partial charge >= 0.3 is 0 Å². The molecule has 1 fully saturated rings. The van der Waals surface area contributed by atoms with Crippen LogP contribution in [0.3, 0.4) is 0 Å². The molecule has 1 N–H and O–H groups in total. The predicted octanol–water partition coefficient (Wildman–Crippen LogP) is 2.71. The number of piperazine rings is 1. The summed E-state index contributed by atoms with van der Waals surface area (Å²) >= 11 is 6.05. The van der Waals surface area contributed by atoms with Crippen molar-refractivity contribution in [2.45, 2.75) is 6.04 Å². The molecular formula is C17H19Cl2N3O2.